The first kappa shape index (κ1) is 20.3. The van der Waals surface area contributed by atoms with E-state index in [-0.39, 0.29) is 5.54 Å². The number of hydrogen-bond acceptors (Lipinski definition) is 5. The van der Waals surface area contributed by atoms with Crippen LogP contribution in [0.1, 0.15) is 17.5 Å². The van der Waals surface area contributed by atoms with Gasteiger partial charge in [-0.3, -0.25) is 9.89 Å². The van der Waals surface area contributed by atoms with Crippen molar-refractivity contribution >= 4 is 17.7 Å². The summed E-state index contributed by atoms with van der Waals surface area (Å²) in [6.07, 6.45) is 1.22. The van der Waals surface area contributed by atoms with Gasteiger partial charge in [-0.25, -0.2) is 0 Å². The van der Waals surface area contributed by atoms with Crippen molar-refractivity contribution in [3.63, 3.8) is 0 Å². The molecule has 0 amide bonds. The summed E-state index contributed by atoms with van der Waals surface area (Å²) in [5, 5.41) is 7.00. The van der Waals surface area contributed by atoms with Crippen molar-refractivity contribution in [1.29, 1.82) is 0 Å². The fourth-order valence-electron chi connectivity index (χ4n) is 3.78. The Morgan fingerprint density at radius 2 is 2.15 bits per heavy atom. The Morgan fingerprint density at radius 1 is 1.33 bits per heavy atom. The highest BCUT2D eigenvalue weighted by molar-refractivity contribution is 7.99. The van der Waals surface area contributed by atoms with Crippen molar-refractivity contribution in [1.82, 2.24) is 15.5 Å². The van der Waals surface area contributed by atoms with Gasteiger partial charge in [0, 0.05) is 50.1 Å². The molecule has 0 spiro atoms. The fourth-order valence-corrected chi connectivity index (χ4v) is 5.26. The molecule has 0 radical (unpaired) electrons. The molecule has 2 N–H and O–H groups in total. The molecule has 1 unspecified atom stereocenters. The summed E-state index contributed by atoms with van der Waals surface area (Å²) < 4.78 is 11.1. The predicted molar refractivity (Wildman–Crippen MR) is 113 cm³/mol. The second-order valence-electron chi connectivity index (χ2n) is 7.22. The number of hydrogen-bond donors (Lipinski definition) is 2. The molecule has 3 rings (SSSR count). The lowest BCUT2D eigenvalue weighted by molar-refractivity contribution is -0.0120. The third-order valence-corrected chi connectivity index (χ3v) is 6.70. The molecule has 0 saturated carbocycles. The number of guanidine groups is 1. The average molecular weight is 393 g/mol. The third kappa shape index (κ3) is 5.09. The molecule has 2 heterocycles. The van der Waals surface area contributed by atoms with E-state index in [0.29, 0.717) is 6.54 Å². The first-order valence-electron chi connectivity index (χ1n) is 9.65. The number of aliphatic imine (C=N–C) groups is 1. The summed E-state index contributed by atoms with van der Waals surface area (Å²) in [5.41, 5.74) is 2.53. The number of thioether (sulfide) groups is 1. The molecule has 1 aromatic carbocycles. The monoisotopic (exact) mass is 392 g/mol. The number of ether oxygens (including phenoxy) is 2. The van der Waals surface area contributed by atoms with E-state index in [0.717, 1.165) is 50.1 Å². The minimum absolute atomic E-state index is 0.202. The van der Waals surface area contributed by atoms with Crippen molar-refractivity contribution in [2.24, 2.45) is 4.99 Å². The summed E-state index contributed by atoms with van der Waals surface area (Å²) in [6.45, 7) is 7.39. The Labute approximate surface area is 167 Å². The summed E-state index contributed by atoms with van der Waals surface area (Å²) >= 11 is 2.05. The minimum Gasteiger partial charge on any atom is -0.496 e. The minimum atomic E-state index is 0.202. The summed E-state index contributed by atoms with van der Waals surface area (Å²) in [7, 11) is 3.54. The van der Waals surface area contributed by atoms with Crippen LogP contribution in [0.15, 0.2) is 23.2 Å². The maximum Gasteiger partial charge on any atom is 0.191 e. The molecular weight excluding hydrogens is 360 g/mol. The number of methoxy groups -OCH3 is 1. The van der Waals surface area contributed by atoms with Gasteiger partial charge in [0.05, 0.1) is 20.3 Å². The van der Waals surface area contributed by atoms with Crippen molar-refractivity contribution < 1.29 is 9.47 Å². The Balaban J connectivity index is 1.58. The first-order valence-corrected chi connectivity index (χ1v) is 10.8. The average Bonchev–Trinajstić information content (AvgIpc) is 3.19. The quantitative estimate of drug-likeness (QED) is 0.569. The highest BCUT2D eigenvalue weighted by Gasteiger charge is 2.40. The Morgan fingerprint density at radius 3 is 2.81 bits per heavy atom. The maximum absolute atomic E-state index is 5.55. The predicted octanol–water partition coefficient (Wildman–Crippen LogP) is 1.88. The van der Waals surface area contributed by atoms with E-state index in [9.17, 15) is 0 Å². The van der Waals surface area contributed by atoms with Gasteiger partial charge in [-0.2, -0.15) is 11.8 Å². The lowest BCUT2D eigenvalue weighted by Gasteiger charge is -2.43. The van der Waals surface area contributed by atoms with E-state index in [1.807, 2.05) is 7.05 Å². The van der Waals surface area contributed by atoms with Crippen LogP contribution in [0.2, 0.25) is 0 Å². The van der Waals surface area contributed by atoms with Gasteiger partial charge < -0.3 is 20.1 Å². The molecule has 0 aromatic heterocycles. The van der Waals surface area contributed by atoms with Crippen LogP contribution in [0, 0.1) is 6.92 Å². The number of morpholine rings is 1. The number of nitrogens with zero attached hydrogens (tertiary/aromatic N) is 2. The van der Waals surface area contributed by atoms with Gasteiger partial charge in [0.2, 0.25) is 0 Å². The van der Waals surface area contributed by atoms with Gasteiger partial charge >= 0.3 is 0 Å². The van der Waals surface area contributed by atoms with Gasteiger partial charge in [0.1, 0.15) is 5.75 Å². The summed E-state index contributed by atoms with van der Waals surface area (Å²) in [6, 6.07) is 6.28. The molecule has 2 saturated heterocycles. The smallest absolute Gasteiger partial charge is 0.191 e. The first-order chi connectivity index (χ1) is 13.2. The second kappa shape index (κ2) is 9.66. The standard InChI is InChI=1S/C20H32N4O2S/c1-16-4-5-17(18(12-16)25-3)13-22-19(21-2)23-14-20(6-11-27-15-20)24-7-9-26-10-8-24/h4-5,12H,6-11,13-15H2,1-3H3,(H2,21,22,23). The van der Waals surface area contributed by atoms with Crippen LogP contribution in [0.5, 0.6) is 5.75 Å². The van der Waals surface area contributed by atoms with Gasteiger partial charge in [0.15, 0.2) is 5.96 Å². The van der Waals surface area contributed by atoms with Crippen LogP contribution in [0.4, 0.5) is 0 Å². The summed E-state index contributed by atoms with van der Waals surface area (Å²) in [4.78, 5) is 7.03. The molecule has 150 valence electrons. The second-order valence-corrected chi connectivity index (χ2v) is 8.33. The lowest BCUT2D eigenvalue weighted by atomic mass is 9.95. The number of rotatable bonds is 6. The molecule has 1 atom stereocenters. The molecule has 1 aromatic rings. The van der Waals surface area contributed by atoms with Crippen LogP contribution < -0.4 is 15.4 Å². The van der Waals surface area contributed by atoms with E-state index < -0.39 is 0 Å². The number of nitrogens with one attached hydrogen (secondary N) is 2. The molecule has 2 aliphatic heterocycles. The number of benzene rings is 1. The summed E-state index contributed by atoms with van der Waals surface area (Å²) in [5.74, 6) is 4.14. The van der Waals surface area contributed by atoms with E-state index >= 15 is 0 Å². The molecule has 6 nitrogen and oxygen atoms in total. The zero-order chi connectivity index (χ0) is 19.1. The molecule has 0 bridgehead atoms. The SMILES string of the molecule is CN=C(NCc1ccc(C)cc1OC)NCC1(N2CCOCC2)CCSC1. The lowest BCUT2D eigenvalue weighted by Crippen LogP contribution is -2.60. The van der Waals surface area contributed by atoms with Gasteiger partial charge in [0.25, 0.3) is 0 Å². The number of aryl methyl sites for hydroxylation is 1. The van der Waals surface area contributed by atoms with Gasteiger partial charge in [-0.15, -0.1) is 0 Å². The Bertz CT molecular complexity index is 641. The van der Waals surface area contributed by atoms with E-state index in [4.69, 9.17) is 9.47 Å². The Hall–Kier alpha value is -1.44. The molecule has 27 heavy (non-hydrogen) atoms. The highest BCUT2D eigenvalue weighted by Crippen LogP contribution is 2.33. The zero-order valence-corrected chi connectivity index (χ0v) is 17.5. The van der Waals surface area contributed by atoms with Crippen LogP contribution in [-0.4, -0.2) is 74.9 Å². The normalized spacial score (nSPS) is 24.0. The maximum atomic E-state index is 5.55. The fraction of sp³-hybridized carbons (Fsp3) is 0.650. The van der Waals surface area contributed by atoms with Crippen molar-refractivity contribution in [2.75, 3.05) is 58.5 Å². The van der Waals surface area contributed by atoms with Crippen LogP contribution in [0.3, 0.4) is 0 Å². The van der Waals surface area contributed by atoms with Gasteiger partial charge in [-0.05, 0) is 30.7 Å². The molecule has 2 fully saturated rings. The third-order valence-electron chi connectivity index (χ3n) is 5.46. The largest absolute Gasteiger partial charge is 0.496 e. The van der Waals surface area contributed by atoms with E-state index in [1.165, 1.54) is 23.5 Å². The van der Waals surface area contributed by atoms with Gasteiger partial charge in [-0.1, -0.05) is 12.1 Å². The van der Waals surface area contributed by atoms with Crippen molar-refractivity contribution in [3.8, 4) is 5.75 Å². The topological polar surface area (TPSA) is 58.1 Å². The van der Waals surface area contributed by atoms with Crippen LogP contribution in [0.25, 0.3) is 0 Å². The highest BCUT2D eigenvalue weighted by atomic mass is 32.2. The molecule has 2 aliphatic rings. The zero-order valence-electron chi connectivity index (χ0n) is 16.7. The van der Waals surface area contributed by atoms with E-state index in [2.05, 4.69) is 57.4 Å². The van der Waals surface area contributed by atoms with Crippen molar-refractivity contribution in [3.05, 3.63) is 29.3 Å². The molecule has 0 aliphatic carbocycles. The van der Waals surface area contributed by atoms with Crippen LogP contribution >= 0.6 is 11.8 Å². The Kier molecular flexibility index (Phi) is 7.26. The molecular formula is C20H32N4O2S. The van der Waals surface area contributed by atoms with Crippen LogP contribution in [-0.2, 0) is 11.3 Å². The van der Waals surface area contributed by atoms with E-state index in [1.54, 1.807) is 7.11 Å². The molecule has 7 heteroatoms. The van der Waals surface area contributed by atoms with Crippen molar-refractivity contribution in [2.45, 2.75) is 25.4 Å².